The Kier molecular flexibility index (Phi) is 7.38. The molecule has 0 aromatic heterocycles. The quantitative estimate of drug-likeness (QED) is 0.378. The van der Waals surface area contributed by atoms with Crippen molar-refractivity contribution in [1.82, 2.24) is 0 Å². The molecular weight excluding hydrogens is 318 g/mol. The van der Waals surface area contributed by atoms with Gasteiger partial charge in [-0.25, -0.2) is 14.6 Å². The second-order valence-electron chi connectivity index (χ2n) is 5.96. The zero-order chi connectivity index (χ0) is 18.1. The first-order valence-corrected chi connectivity index (χ1v) is 8.90. The molecule has 1 heterocycles. The number of aliphatic imine (C=N–C) groups is 1. The fraction of sp³-hybridized carbons (Fsp3) is 0.450. The number of carbonyl (C=O) groups excluding carboxylic acids is 2. The van der Waals surface area contributed by atoms with Crippen molar-refractivity contribution in [3.8, 4) is 0 Å². The minimum atomic E-state index is -0.478. The van der Waals surface area contributed by atoms with Gasteiger partial charge < -0.3 is 9.47 Å². The van der Waals surface area contributed by atoms with E-state index in [2.05, 4.69) is 11.9 Å². The predicted molar refractivity (Wildman–Crippen MR) is 96.5 cm³/mol. The van der Waals surface area contributed by atoms with Crippen LogP contribution in [0, 0.1) is 0 Å². The van der Waals surface area contributed by atoms with Crippen LogP contribution in [-0.4, -0.2) is 24.4 Å². The van der Waals surface area contributed by atoms with Crippen molar-refractivity contribution in [3.63, 3.8) is 0 Å². The molecule has 0 radical (unpaired) electrons. The molecule has 0 spiro atoms. The Morgan fingerprint density at radius 2 is 1.96 bits per heavy atom. The van der Waals surface area contributed by atoms with E-state index in [-0.39, 0.29) is 17.6 Å². The number of esters is 2. The number of hydrogen-bond acceptors (Lipinski definition) is 5. The Morgan fingerprint density at radius 3 is 2.68 bits per heavy atom. The molecule has 0 amide bonds. The number of ether oxygens (including phenoxy) is 2. The van der Waals surface area contributed by atoms with Crippen LogP contribution >= 0.6 is 0 Å². The molecule has 0 bridgehead atoms. The van der Waals surface area contributed by atoms with Gasteiger partial charge in [0.2, 0.25) is 5.90 Å². The lowest BCUT2D eigenvalue weighted by molar-refractivity contribution is -0.130. The normalized spacial score (nSPS) is 15.2. The van der Waals surface area contributed by atoms with Crippen LogP contribution in [0.1, 0.15) is 68.3 Å². The third kappa shape index (κ3) is 5.55. The second-order valence-corrected chi connectivity index (χ2v) is 5.96. The summed E-state index contributed by atoms with van der Waals surface area (Å²) in [5.74, 6) is -0.635. The van der Waals surface area contributed by atoms with Crippen LogP contribution in [0.3, 0.4) is 0 Å². The summed E-state index contributed by atoms with van der Waals surface area (Å²) in [6.45, 7) is 4.33. The number of cyclic esters (lactones) is 1. The number of unbranched alkanes of at least 4 members (excludes halogenated alkanes) is 5. The number of allylic oxidation sites excluding steroid dienone is 1. The zero-order valence-electron chi connectivity index (χ0n) is 14.9. The minimum Gasteiger partial charge on any atom is -0.462 e. The summed E-state index contributed by atoms with van der Waals surface area (Å²) < 4.78 is 10.4. The SMILES string of the molecule is C/C=C1/N=C(c2cccc(C(=O)OCCCCCCCC)c2)OC1=O. The highest BCUT2D eigenvalue weighted by Gasteiger charge is 2.23. The van der Waals surface area contributed by atoms with Crippen LogP contribution in [0.2, 0.25) is 0 Å². The fourth-order valence-corrected chi connectivity index (χ4v) is 2.53. The van der Waals surface area contributed by atoms with Crippen molar-refractivity contribution in [2.75, 3.05) is 6.61 Å². The van der Waals surface area contributed by atoms with Gasteiger partial charge in [-0.2, -0.15) is 0 Å². The van der Waals surface area contributed by atoms with Crippen LogP contribution in [0.5, 0.6) is 0 Å². The maximum atomic E-state index is 12.2. The fourth-order valence-electron chi connectivity index (χ4n) is 2.53. The van der Waals surface area contributed by atoms with E-state index in [0.717, 1.165) is 12.8 Å². The minimum absolute atomic E-state index is 0.212. The molecule has 0 unspecified atom stereocenters. The van der Waals surface area contributed by atoms with E-state index >= 15 is 0 Å². The Balaban J connectivity index is 1.86. The molecule has 5 nitrogen and oxygen atoms in total. The van der Waals surface area contributed by atoms with Crippen LogP contribution in [-0.2, 0) is 14.3 Å². The van der Waals surface area contributed by atoms with E-state index in [1.807, 2.05) is 0 Å². The van der Waals surface area contributed by atoms with E-state index in [0.29, 0.717) is 17.7 Å². The van der Waals surface area contributed by atoms with E-state index < -0.39 is 5.97 Å². The van der Waals surface area contributed by atoms with Gasteiger partial charge in [-0.05, 0) is 31.5 Å². The molecule has 25 heavy (non-hydrogen) atoms. The van der Waals surface area contributed by atoms with Crippen LogP contribution in [0.4, 0.5) is 0 Å². The lowest BCUT2D eigenvalue weighted by Crippen LogP contribution is -2.09. The van der Waals surface area contributed by atoms with E-state index in [4.69, 9.17) is 9.47 Å². The van der Waals surface area contributed by atoms with Gasteiger partial charge in [0.1, 0.15) is 5.70 Å². The highest BCUT2D eigenvalue weighted by molar-refractivity contribution is 6.11. The first-order chi connectivity index (χ1) is 12.2. The standard InChI is InChI=1S/C20H25NO4/c1-3-5-6-7-8-9-13-24-19(22)16-12-10-11-15(14-16)18-21-17(4-2)20(23)25-18/h4,10-12,14H,3,5-9,13H2,1-2H3/b17-4+. The average molecular weight is 343 g/mol. The number of benzene rings is 1. The van der Waals surface area contributed by atoms with Crippen LogP contribution in [0.15, 0.2) is 41.0 Å². The van der Waals surface area contributed by atoms with E-state index in [9.17, 15) is 9.59 Å². The summed E-state index contributed by atoms with van der Waals surface area (Å²) in [7, 11) is 0. The summed E-state index contributed by atoms with van der Waals surface area (Å²) in [6, 6.07) is 6.78. The average Bonchev–Trinajstić information content (AvgIpc) is 3.02. The highest BCUT2D eigenvalue weighted by atomic mass is 16.6. The number of carbonyl (C=O) groups is 2. The molecule has 0 atom stereocenters. The van der Waals surface area contributed by atoms with Gasteiger partial charge >= 0.3 is 11.9 Å². The van der Waals surface area contributed by atoms with Crippen molar-refractivity contribution in [1.29, 1.82) is 0 Å². The molecule has 0 N–H and O–H groups in total. The summed E-state index contributed by atoms with van der Waals surface area (Å²) in [5, 5.41) is 0. The molecule has 1 aromatic rings. The van der Waals surface area contributed by atoms with Gasteiger partial charge in [0.15, 0.2) is 0 Å². The first-order valence-electron chi connectivity index (χ1n) is 8.90. The number of nitrogens with zero attached hydrogens (tertiary/aromatic N) is 1. The maximum absolute atomic E-state index is 12.2. The monoisotopic (exact) mass is 343 g/mol. The Hall–Kier alpha value is -2.43. The van der Waals surface area contributed by atoms with Crippen molar-refractivity contribution in [2.45, 2.75) is 52.4 Å². The molecule has 0 fully saturated rings. The third-order valence-electron chi connectivity index (χ3n) is 3.97. The highest BCUT2D eigenvalue weighted by Crippen LogP contribution is 2.17. The lowest BCUT2D eigenvalue weighted by Gasteiger charge is -2.06. The van der Waals surface area contributed by atoms with Crippen LogP contribution < -0.4 is 0 Å². The van der Waals surface area contributed by atoms with E-state index in [1.54, 1.807) is 37.3 Å². The molecule has 0 saturated carbocycles. The Bertz CT molecular complexity index is 676. The zero-order valence-corrected chi connectivity index (χ0v) is 14.9. The largest absolute Gasteiger partial charge is 0.462 e. The summed E-state index contributed by atoms with van der Waals surface area (Å²) >= 11 is 0. The molecule has 1 aromatic carbocycles. The van der Waals surface area contributed by atoms with Gasteiger partial charge in [-0.15, -0.1) is 0 Å². The molecule has 1 aliphatic heterocycles. The second kappa shape index (κ2) is 9.77. The van der Waals surface area contributed by atoms with Gasteiger partial charge in [0.05, 0.1) is 12.2 Å². The molecule has 0 aliphatic carbocycles. The van der Waals surface area contributed by atoms with Crippen molar-refractivity contribution < 1.29 is 19.1 Å². The molecule has 1 aliphatic rings. The van der Waals surface area contributed by atoms with Crippen molar-refractivity contribution >= 4 is 17.8 Å². The molecule has 134 valence electrons. The van der Waals surface area contributed by atoms with Gasteiger partial charge in [0.25, 0.3) is 0 Å². The van der Waals surface area contributed by atoms with E-state index in [1.165, 1.54) is 25.7 Å². The third-order valence-corrected chi connectivity index (χ3v) is 3.97. The summed E-state index contributed by atoms with van der Waals surface area (Å²) in [5.41, 5.74) is 1.28. The van der Waals surface area contributed by atoms with Gasteiger partial charge in [-0.1, -0.05) is 51.2 Å². The van der Waals surface area contributed by atoms with Gasteiger partial charge in [-0.3, -0.25) is 0 Å². The Labute approximate surface area is 148 Å². The van der Waals surface area contributed by atoms with Crippen molar-refractivity contribution in [3.05, 3.63) is 47.2 Å². The molecular formula is C20H25NO4. The lowest BCUT2D eigenvalue weighted by atomic mass is 10.1. The van der Waals surface area contributed by atoms with Crippen molar-refractivity contribution in [2.24, 2.45) is 4.99 Å². The Morgan fingerprint density at radius 1 is 1.20 bits per heavy atom. The molecule has 0 saturated heterocycles. The predicted octanol–water partition coefficient (Wildman–Crippen LogP) is 4.41. The number of rotatable bonds is 9. The first kappa shape index (κ1) is 18.9. The molecule has 2 rings (SSSR count). The van der Waals surface area contributed by atoms with Gasteiger partial charge in [0, 0.05) is 5.56 Å². The smallest absolute Gasteiger partial charge is 0.363 e. The number of hydrogen-bond donors (Lipinski definition) is 0. The van der Waals surface area contributed by atoms with Crippen LogP contribution in [0.25, 0.3) is 0 Å². The molecule has 5 heteroatoms. The summed E-state index contributed by atoms with van der Waals surface area (Å²) in [6.07, 6.45) is 8.45. The topological polar surface area (TPSA) is 65.0 Å². The maximum Gasteiger partial charge on any atom is 0.363 e. The summed E-state index contributed by atoms with van der Waals surface area (Å²) in [4.78, 5) is 27.9.